The lowest BCUT2D eigenvalue weighted by molar-refractivity contribution is -0.132. The maximum Gasteiger partial charge on any atom is 0.339 e. The molecule has 1 amide bonds. The zero-order valence-corrected chi connectivity index (χ0v) is 23.4. The molecule has 2 aliphatic rings. The van der Waals surface area contributed by atoms with Gasteiger partial charge in [0.2, 0.25) is 11.9 Å². The van der Waals surface area contributed by atoms with Crippen LogP contribution in [-0.2, 0) is 30.5 Å². The first kappa shape index (κ1) is 27.6. The topological polar surface area (TPSA) is 95.9 Å². The number of benzene rings is 2. The Labute approximate surface area is 236 Å². The molecule has 2 aliphatic heterocycles. The van der Waals surface area contributed by atoms with Crippen molar-refractivity contribution in [2.45, 2.75) is 57.9 Å². The van der Waals surface area contributed by atoms with E-state index in [1.54, 1.807) is 7.11 Å². The lowest BCUT2D eigenvalue weighted by Crippen LogP contribution is -2.45. The summed E-state index contributed by atoms with van der Waals surface area (Å²) >= 11 is 0. The van der Waals surface area contributed by atoms with E-state index < -0.39 is 5.97 Å². The summed E-state index contributed by atoms with van der Waals surface area (Å²) in [7, 11) is 1.63. The van der Waals surface area contributed by atoms with Crippen LogP contribution in [0.15, 0.2) is 54.7 Å². The number of carbonyl (C=O) groups excluding carboxylic acids is 1. The fraction of sp³-hybridized carbons (Fsp3) is 0.438. The van der Waals surface area contributed by atoms with Gasteiger partial charge in [0.25, 0.3) is 0 Å². The minimum absolute atomic E-state index is 0.0768. The van der Waals surface area contributed by atoms with Crippen LogP contribution in [0.25, 0.3) is 0 Å². The van der Waals surface area contributed by atoms with E-state index in [2.05, 4.69) is 46.0 Å². The summed E-state index contributed by atoms with van der Waals surface area (Å²) in [5.74, 6) is 0.706. The van der Waals surface area contributed by atoms with Gasteiger partial charge in [0, 0.05) is 31.4 Å². The highest BCUT2D eigenvalue weighted by Crippen LogP contribution is 2.33. The average Bonchev–Trinajstić information content (AvgIpc) is 3.29. The molecule has 0 spiro atoms. The van der Waals surface area contributed by atoms with Crippen molar-refractivity contribution in [1.29, 1.82) is 0 Å². The van der Waals surface area contributed by atoms with Crippen LogP contribution in [0.1, 0.15) is 58.9 Å². The number of hydrogen-bond donors (Lipinski definition) is 1. The molecule has 0 bridgehead atoms. The molecule has 8 heteroatoms. The van der Waals surface area contributed by atoms with Crippen molar-refractivity contribution in [3.8, 4) is 5.75 Å². The van der Waals surface area contributed by atoms with Crippen LogP contribution in [0.4, 0.5) is 5.95 Å². The predicted octanol–water partition coefficient (Wildman–Crippen LogP) is 4.59. The van der Waals surface area contributed by atoms with E-state index in [-0.39, 0.29) is 17.5 Å². The second-order valence-electron chi connectivity index (χ2n) is 10.8. The van der Waals surface area contributed by atoms with E-state index in [1.165, 1.54) is 11.8 Å². The van der Waals surface area contributed by atoms with Gasteiger partial charge in [-0.3, -0.25) is 4.79 Å². The quantitative estimate of drug-likeness (QED) is 0.423. The summed E-state index contributed by atoms with van der Waals surface area (Å²) in [6, 6.07) is 16.2. The zero-order valence-electron chi connectivity index (χ0n) is 23.4. The molecule has 1 N–H and O–H groups in total. The van der Waals surface area contributed by atoms with Gasteiger partial charge >= 0.3 is 5.97 Å². The van der Waals surface area contributed by atoms with Crippen molar-refractivity contribution in [3.63, 3.8) is 0 Å². The van der Waals surface area contributed by atoms with Gasteiger partial charge in [0.05, 0.1) is 30.8 Å². The molecule has 40 heavy (non-hydrogen) atoms. The smallest absolute Gasteiger partial charge is 0.339 e. The molecule has 2 saturated heterocycles. The highest BCUT2D eigenvalue weighted by atomic mass is 16.5. The fourth-order valence-electron chi connectivity index (χ4n) is 6.06. The van der Waals surface area contributed by atoms with Gasteiger partial charge in [-0.25, -0.2) is 14.8 Å². The highest BCUT2D eigenvalue weighted by Gasteiger charge is 2.40. The molecule has 0 radical (unpaired) electrons. The minimum atomic E-state index is -1.01. The molecule has 2 aromatic carbocycles. The molecule has 210 valence electrons. The number of carbonyl (C=O) groups is 2. The summed E-state index contributed by atoms with van der Waals surface area (Å²) in [6.07, 6.45) is 7.09. The first-order valence-corrected chi connectivity index (χ1v) is 14.3. The Morgan fingerprint density at radius 2 is 1.80 bits per heavy atom. The van der Waals surface area contributed by atoms with Gasteiger partial charge < -0.3 is 19.6 Å². The van der Waals surface area contributed by atoms with Crippen LogP contribution >= 0.6 is 0 Å². The monoisotopic (exact) mass is 542 g/mol. The number of fused-ring (bicyclic) bond motifs is 1. The maximum absolute atomic E-state index is 13.6. The Morgan fingerprint density at radius 3 is 2.55 bits per heavy atom. The molecule has 8 nitrogen and oxygen atoms in total. The Bertz CT molecular complexity index is 1340. The van der Waals surface area contributed by atoms with Gasteiger partial charge in [-0.05, 0) is 55.2 Å². The maximum atomic E-state index is 13.6. The fourth-order valence-corrected chi connectivity index (χ4v) is 6.06. The SMILES string of the molecule is CCc1ccc(CCc2nc(N3C[C@@H]4CCCCN(C(=O)Cc5ccccc5OC)[C@@H]4C3)ncc2C(=O)O)cc1. The number of aryl methyl sites for hydroxylation is 3. The molecule has 1 aromatic heterocycles. The van der Waals surface area contributed by atoms with Crippen LogP contribution in [0.3, 0.4) is 0 Å². The van der Waals surface area contributed by atoms with Crippen molar-refractivity contribution < 1.29 is 19.4 Å². The van der Waals surface area contributed by atoms with Gasteiger partial charge in [0.15, 0.2) is 0 Å². The van der Waals surface area contributed by atoms with E-state index in [9.17, 15) is 14.7 Å². The lowest BCUT2D eigenvalue weighted by atomic mass is 9.98. The lowest BCUT2D eigenvalue weighted by Gasteiger charge is -2.30. The number of likely N-dealkylation sites (tertiary alicyclic amines) is 1. The molecule has 0 unspecified atom stereocenters. The van der Waals surface area contributed by atoms with Gasteiger partial charge in [-0.2, -0.15) is 0 Å². The Balaban J connectivity index is 1.33. The normalized spacial score (nSPS) is 18.8. The summed E-state index contributed by atoms with van der Waals surface area (Å²) in [4.78, 5) is 39.0. The first-order chi connectivity index (χ1) is 19.5. The first-order valence-electron chi connectivity index (χ1n) is 14.3. The standard InChI is InChI=1S/C32H38N4O4/c1-3-22-11-13-23(14-12-22)15-16-27-26(31(38)39)19-33-32(34-27)35-20-25-9-6-7-17-36(28(25)21-35)30(37)18-24-8-4-5-10-29(24)40-2/h4-5,8,10-14,19,25,28H,3,6-7,9,15-18,20-21H2,1-2H3,(H,38,39)/t25-,28+/m0/s1. The molecule has 2 atom stereocenters. The van der Waals surface area contributed by atoms with Crippen molar-refractivity contribution in [2.75, 3.05) is 31.6 Å². The van der Waals surface area contributed by atoms with E-state index in [0.29, 0.717) is 43.4 Å². The molecule has 0 aliphatic carbocycles. The Hall–Kier alpha value is -3.94. The van der Waals surface area contributed by atoms with E-state index >= 15 is 0 Å². The Morgan fingerprint density at radius 1 is 1.02 bits per heavy atom. The van der Waals surface area contributed by atoms with Crippen LogP contribution < -0.4 is 9.64 Å². The number of hydrogen-bond acceptors (Lipinski definition) is 6. The summed E-state index contributed by atoms with van der Waals surface area (Å²) < 4.78 is 5.48. The number of aromatic carboxylic acids is 1. The number of nitrogens with zero attached hydrogens (tertiary/aromatic N) is 4. The summed E-state index contributed by atoms with van der Waals surface area (Å²) in [6.45, 7) is 4.27. The van der Waals surface area contributed by atoms with Crippen molar-refractivity contribution in [3.05, 3.63) is 82.7 Å². The van der Waals surface area contributed by atoms with Gasteiger partial charge in [-0.1, -0.05) is 55.8 Å². The number of ether oxygens (including phenoxy) is 1. The van der Waals surface area contributed by atoms with Crippen LogP contribution in [0.5, 0.6) is 5.75 Å². The van der Waals surface area contributed by atoms with Gasteiger partial charge in [0.1, 0.15) is 5.75 Å². The third-order valence-electron chi connectivity index (χ3n) is 8.34. The van der Waals surface area contributed by atoms with Crippen LogP contribution in [0.2, 0.25) is 0 Å². The number of rotatable bonds is 9. The molecule has 2 fully saturated rings. The zero-order chi connectivity index (χ0) is 28.1. The number of aromatic nitrogens is 2. The molecular formula is C32H38N4O4. The summed E-state index contributed by atoms with van der Waals surface area (Å²) in [5, 5.41) is 9.79. The van der Waals surface area contributed by atoms with Crippen molar-refractivity contribution >= 4 is 17.8 Å². The third-order valence-corrected chi connectivity index (χ3v) is 8.34. The minimum Gasteiger partial charge on any atom is -0.496 e. The predicted molar refractivity (Wildman–Crippen MR) is 154 cm³/mol. The van der Waals surface area contributed by atoms with Crippen molar-refractivity contribution in [2.24, 2.45) is 5.92 Å². The molecule has 3 heterocycles. The molecule has 3 aromatic rings. The Kier molecular flexibility index (Phi) is 8.63. The number of amides is 1. The molecule has 0 saturated carbocycles. The highest BCUT2D eigenvalue weighted by molar-refractivity contribution is 5.88. The third kappa shape index (κ3) is 6.11. The second kappa shape index (κ2) is 12.5. The summed E-state index contributed by atoms with van der Waals surface area (Å²) in [5.41, 5.74) is 4.03. The van der Waals surface area contributed by atoms with Crippen LogP contribution in [0, 0.1) is 5.92 Å². The van der Waals surface area contributed by atoms with E-state index in [0.717, 1.165) is 55.6 Å². The van der Waals surface area contributed by atoms with Crippen LogP contribution in [-0.4, -0.2) is 64.6 Å². The number of carboxylic acids is 1. The largest absolute Gasteiger partial charge is 0.496 e. The average molecular weight is 543 g/mol. The van der Waals surface area contributed by atoms with E-state index in [4.69, 9.17) is 9.72 Å². The van der Waals surface area contributed by atoms with Gasteiger partial charge in [-0.15, -0.1) is 0 Å². The number of carboxylic acid groups (broad SMARTS) is 1. The number of anilines is 1. The van der Waals surface area contributed by atoms with Crippen molar-refractivity contribution in [1.82, 2.24) is 14.9 Å². The van der Waals surface area contributed by atoms with E-state index in [1.807, 2.05) is 24.3 Å². The molecular weight excluding hydrogens is 504 g/mol. The molecule has 5 rings (SSSR count). The second-order valence-corrected chi connectivity index (χ2v) is 10.8. The number of methoxy groups -OCH3 is 1. The number of para-hydroxylation sites is 1.